The van der Waals surface area contributed by atoms with E-state index in [1.807, 2.05) is 40.2 Å². The zero-order valence-electron chi connectivity index (χ0n) is 9.53. The third-order valence-electron chi connectivity index (χ3n) is 1.80. The number of hydrogen-bond donors (Lipinski definition) is 0. The molecule has 0 spiro atoms. The highest BCUT2D eigenvalue weighted by Gasteiger charge is 2.03. The van der Waals surface area contributed by atoms with E-state index < -0.39 is 0 Å². The maximum atomic E-state index is 11.4. The summed E-state index contributed by atoms with van der Waals surface area (Å²) in [5.74, 6) is 0.0463. The molecule has 0 N–H and O–H groups in total. The third-order valence-corrected chi connectivity index (χ3v) is 1.80. The van der Waals surface area contributed by atoms with Crippen molar-refractivity contribution in [2.24, 2.45) is 0 Å². The van der Waals surface area contributed by atoms with Gasteiger partial charge in [0, 0.05) is 26.2 Å². The zero-order chi connectivity index (χ0) is 11.0. The summed E-state index contributed by atoms with van der Waals surface area (Å²) in [6.07, 6.45) is 7.07. The van der Waals surface area contributed by atoms with Crippen LogP contribution in [0.15, 0.2) is 24.3 Å². The van der Waals surface area contributed by atoms with Crippen molar-refractivity contribution in [3.8, 4) is 0 Å². The van der Waals surface area contributed by atoms with Crippen LogP contribution in [-0.2, 0) is 4.79 Å². The maximum absolute atomic E-state index is 11.4. The van der Waals surface area contributed by atoms with E-state index in [1.165, 1.54) is 0 Å². The van der Waals surface area contributed by atoms with Crippen molar-refractivity contribution in [3.05, 3.63) is 24.3 Å². The van der Waals surface area contributed by atoms with Gasteiger partial charge in [-0.15, -0.1) is 0 Å². The van der Waals surface area contributed by atoms with E-state index in [1.54, 1.807) is 17.1 Å². The molecule has 0 aliphatic rings. The fourth-order valence-electron chi connectivity index (χ4n) is 0.836. The summed E-state index contributed by atoms with van der Waals surface area (Å²) in [4.78, 5) is 15.2. The Morgan fingerprint density at radius 1 is 1.14 bits per heavy atom. The first-order valence-electron chi connectivity index (χ1n) is 4.77. The van der Waals surface area contributed by atoms with Gasteiger partial charge in [0.05, 0.1) is 0 Å². The Kier molecular flexibility index (Phi) is 6.76. The minimum absolute atomic E-state index is 0.0463. The normalized spacial score (nSPS) is 11.8. The highest BCUT2D eigenvalue weighted by molar-refractivity contribution is 5.87. The molecule has 0 saturated heterocycles. The summed E-state index contributed by atoms with van der Waals surface area (Å²) in [6, 6.07) is 0. The molecule has 0 rings (SSSR count). The van der Waals surface area contributed by atoms with Gasteiger partial charge in [-0.1, -0.05) is 18.2 Å². The molecule has 80 valence electrons. The average Bonchev–Trinajstić information content (AvgIpc) is 2.14. The molecule has 0 aliphatic carbocycles. The summed E-state index contributed by atoms with van der Waals surface area (Å²) in [7, 11) is 5.80. The smallest absolute Gasteiger partial charge is 0.246 e. The molecule has 0 saturated carbocycles. The Balaban J connectivity index is 3.87. The first-order valence-corrected chi connectivity index (χ1v) is 4.77. The largest absolute Gasteiger partial charge is 0.341 e. The van der Waals surface area contributed by atoms with Gasteiger partial charge in [0.15, 0.2) is 0 Å². The van der Waals surface area contributed by atoms with Gasteiger partial charge in [-0.05, 0) is 21.0 Å². The Bertz CT molecular complexity index is 219. The van der Waals surface area contributed by atoms with Crippen LogP contribution in [0.1, 0.15) is 6.92 Å². The molecular formula is C11H20N2O. The zero-order valence-corrected chi connectivity index (χ0v) is 9.53. The molecule has 0 atom stereocenters. The van der Waals surface area contributed by atoms with Gasteiger partial charge >= 0.3 is 0 Å². The Morgan fingerprint density at radius 3 is 2.29 bits per heavy atom. The van der Waals surface area contributed by atoms with E-state index in [2.05, 4.69) is 4.90 Å². The summed E-state index contributed by atoms with van der Waals surface area (Å²) < 4.78 is 0. The highest BCUT2D eigenvalue weighted by Crippen LogP contribution is 1.88. The average molecular weight is 196 g/mol. The van der Waals surface area contributed by atoms with Crippen molar-refractivity contribution in [1.82, 2.24) is 9.80 Å². The predicted octanol–water partition coefficient (Wildman–Crippen LogP) is 1.14. The standard InChI is InChI=1S/C11H20N2O/c1-5-6-7-8-11(14)13(4)10-9-12(2)3/h5-8H,9-10H2,1-4H3/b6-5+,8-7+. The molecule has 0 fully saturated rings. The summed E-state index contributed by atoms with van der Waals surface area (Å²) in [6.45, 7) is 3.57. The van der Waals surface area contributed by atoms with Crippen molar-refractivity contribution >= 4 is 5.91 Å². The molecule has 0 aliphatic heterocycles. The fraction of sp³-hybridized carbons (Fsp3) is 0.545. The molecule has 0 aromatic heterocycles. The van der Waals surface area contributed by atoms with Crippen LogP contribution in [0.4, 0.5) is 0 Å². The summed E-state index contributed by atoms with van der Waals surface area (Å²) in [5.41, 5.74) is 0. The van der Waals surface area contributed by atoms with E-state index >= 15 is 0 Å². The lowest BCUT2D eigenvalue weighted by Crippen LogP contribution is -2.32. The molecule has 3 nitrogen and oxygen atoms in total. The maximum Gasteiger partial charge on any atom is 0.246 e. The SMILES string of the molecule is C/C=C/C=C/C(=O)N(C)CCN(C)C. The number of nitrogens with zero attached hydrogens (tertiary/aromatic N) is 2. The second kappa shape index (κ2) is 7.33. The Hall–Kier alpha value is -1.09. The second-order valence-corrected chi connectivity index (χ2v) is 3.45. The molecule has 14 heavy (non-hydrogen) atoms. The molecule has 3 heteroatoms. The molecule has 1 amide bonds. The van der Waals surface area contributed by atoms with Gasteiger partial charge in [-0.25, -0.2) is 0 Å². The van der Waals surface area contributed by atoms with Crippen molar-refractivity contribution in [2.45, 2.75) is 6.92 Å². The molecule has 0 aromatic rings. The van der Waals surface area contributed by atoms with Crippen LogP contribution >= 0.6 is 0 Å². The van der Waals surface area contributed by atoms with E-state index in [0.29, 0.717) is 0 Å². The van der Waals surface area contributed by atoms with Gasteiger partial charge in [0.2, 0.25) is 5.91 Å². The lowest BCUT2D eigenvalue weighted by molar-refractivity contribution is -0.124. The second-order valence-electron chi connectivity index (χ2n) is 3.45. The summed E-state index contributed by atoms with van der Waals surface area (Å²) >= 11 is 0. The lowest BCUT2D eigenvalue weighted by atomic mass is 10.4. The topological polar surface area (TPSA) is 23.6 Å². The van der Waals surface area contributed by atoms with Gasteiger partial charge in [0.25, 0.3) is 0 Å². The van der Waals surface area contributed by atoms with Crippen LogP contribution in [0.5, 0.6) is 0 Å². The molecule has 0 radical (unpaired) electrons. The number of allylic oxidation sites excluding steroid dienone is 3. The molecule has 0 bridgehead atoms. The van der Waals surface area contributed by atoms with Crippen LogP contribution < -0.4 is 0 Å². The van der Waals surface area contributed by atoms with Crippen molar-refractivity contribution in [2.75, 3.05) is 34.2 Å². The molecule has 0 unspecified atom stereocenters. The van der Waals surface area contributed by atoms with Gasteiger partial charge in [0.1, 0.15) is 0 Å². The molecular weight excluding hydrogens is 176 g/mol. The van der Waals surface area contributed by atoms with Crippen molar-refractivity contribution < 1.29 is 4.79 Å². The Morgan fingerprint density at radius 2 is 1.79 bits per heavy atom. The lowest BCUT2D eigenvalue weighted by Gasteiger charge is -2.17. The van der Waals surface area contributed by atoms with Gasteiger partial charge in [-0.2, -0.15) is 0 Å². The number of carbonyl (C=O) groups excluding carboxylic acids is 1. The number of rotatable bonds is 5. The van der Waals surface area contributed by atoms with Gasteiger partial charge < -0.3 is 9.80 Å². The number of hydrogen-bond acceptors (Lipinski definition) is 2. The summed E-state index contributed by atoms with van der Waals surface area (Å²) in [5, 5.41) is 0. The first kappa shape index (κ1) is 12.9. The molecule has 0 heterocycles. The highest BCUT2D eigenvalue weighted by atomic mass is 16.2. The Labute approximate surface area is 86.7 Å². The molecule has 0 aromatic carbocycles. The number of amides is 1. The van der Waals surface area contributed by atoms with Crippen LogP contribution in [-0.4, -0.2) is 49.9 Å². The minimum atomic E-state index is 0.0463. The van der Waals surface area contributed by atoms with Crippen LogP contribution in [0.3, 0.4) is 0 Å². The third kappa shape index (κ3) is 6.43. The van der Waals surface area contributed by atoms with E-state index in [-0.39, 0.29) is 5.91 Å². The first-order chi connectivity index (χ1) is 6.57. The number of likely N-dealkylation sites (N-methyl/N-ethyl adjacent to an activating group) is 2. The van der Waals surface area contributed by atoms with E-state index in [4.69, 9.17) is 0 Å². The van der Waals surface area contributed by atoms with Crippen molar-refractivity contribution in [3.63, 3.8) is 0 Å². The monoisotopic (exact) mass is 196 g/mol. The van der Waals surface area contributed by atoms with Gasteiger partial charge in [-0.3, -0.25) is 4.79 Å². The quantitative estimate of drug-likeness (QED) is 0.486. The minimum Gasteiger partial charge on any atom is -0.341 e. The van der Waals surface area contributed by atoms with Crippen molar-refractivity contribution in [1.29, 1.82) is 0 Å². The van der Waals surface area contributed by atoms with Crippen LogP contribution in [0, 0.1) is 0 Å². The van der Waals surface area contributed by atoms with E-state index in [9.17, 15) is 4.79 Å². The van der Waals surface area contributed by atoms with Crippen LogP contribution in [0.25, 0.3) is 0 Å². The fourth-order valence-corrected chi connectivity index (χ4v) is 0.836. The van der Waals surface area contributed by atoms with E-state index in [0.717, 1.165) is 13.1 Å². The predicted molar refractivity (Wildman–Crippen MR) is 60.1 cm³/mol. The van der Waals surface area contributed by atoms with Crippen LogP contribution in [0.2, 0.25) is 0 Å². The number of carbonyl (C=O) groups is 1.